The van der Waals surface area contributed by atoms with Crippen LogP contribution in [0.15, 0.2) is 78.5 Å². The van der Waals surface area contributed by atoms with Crippen molar-refractivity contribution in [2.45, 2.75) is 120 Å². The van der Waals surface area contributed by atoms with E-state index in [2.05, 4.69) is 172 Å². The molecular formula is C49H58N4OPt. The monoisotopic (exact) mass is 913 g/mol. The van der Waals surface area contributed by atoms with Crippen molar-refractivity contribution in [1.82, 2.24) is 19.3 Å². The number of hydrogen-bond donors (Lipinski definition) is 0. The summed E-state index contributed by atoms with van der Waals surface area (Å²) in [5.41, 5.74) is 10.7. The molecule has 290 valence electrons. The van der Waals surface area contributed by atoms with Gasteiger partial charge in [0.2, 0.25) is 0 Å². The van der Waals surface area contributed by atoms with Crippen molar-refractivity contribution < 1.29 is 25.8 Å². The van der Waals surface area contributed by atoms with Gasteiger partial charge in [0.25, 0.3) is 0 Å². The molecule has 5 nitrogen and oxygen atoms in total. The number of fused-ring (bicyclic) bond motifs is 3. The molecular weight excluding hydrogens is 856 g/mol. The van der Waals surface area contributed by atoms with Gasteiger partial charge in [-0.25, -0.2) is 4.98 Å². The van der Waals surface area contributed by atoms with Crippen LogP contribution in [-0.2, 0) is 26.5 Å². The number of hydrogen-bond acceptors (Lipinski definition) is 3. The van der Waals surface area contributed by atoms with Crippen molar-refractivity contribution in [2.75, 3.05) is 0 Å². The summed E-state index contributed by atoms with van der Waals surface area (Å²) in [6.07, 6.45) is 6.74. The number of ether oxygens (including phenoxy) is 1. The van der Waals surface area contributed by atoms with E-state index in [9.17, 15) is 0 Å². The summed E-state index contributed by atoms with van der Waals surface area (Å²) < 4.78 is 11.0. The SMILES string of the molecule is Cc1nn(-c2[c-]c(Oc3[c-]c4c(cc3)c3ccccc3n4-c3cc(C(C)(C)C)ccn3)cc(C(C)C)c2)c(C)c1C1C(C(C)(C)C)=CCC[C@@H]1C(C)(C)C.[Pt+2]. The molecule has 55 heavy (non-hydrogen) atoms. The molecule has 0 radical (unpaired) electrons. The zero-order valence-corrected chi connectivity index (χ0v) is 37.4. The van der Waals surface area contributed by atoms with Crippen molar-refractivity contribution >= 4 is 21.8 Å². The molecule has 3 heterocycles. The molecule has 0 saturated carbocycles. The summed E-state index contributed by atoms with van der Waals surface area (Å²) in [4.78, 5) is 4.86. The van der Waals surface area contributed by atoms with Crippen LogP contribution in [0.25, 0.3) is 33.3 Å². The quantitative estimate of drug-likeness (QED) is 0.124. The molecule has 0 spiro atoms. The van der Waals surface area contributed by atoms with Crippen molar-refractivity contribution in [3.63, 3.8) is 0 Å². The Labute approximate surface area is 343 Å². The minimum atomic E-state index is -0.00801. The Morgan fingerprint density at radius 2 is 1.55 bits per heavy atom. The Morgan fingerprint density at radius 3 is 2.22 bits per heavy atom. The molecule has 0 aliphatic heterocycles. The summed E-state index contributed by atoms with van der Waals surface area (Å²) in [7, 11) is 0. The van der Waals surface area contributed by atoms with Gasteiger partial charge in [-0.1, -0.05) is 112 Å². The smallest absolute Gasteiger partial charge is 0.509 e. The molecule has 6 aromatic rings. The Hall–Kier alpha value is -3.95. The number of pyridine rings is 1. The zero-order chi connectivity index (χ0) is 38.9. The van der Waals surface area contributed by atoms with E-state index in [1.807, 2.05) is 12.3 Å². The number of nitrogens with zero attached hydrogens (tertiary/aromatic N) is 4. The first-order valence-corrected chi connectivity index (χ1v) is 19.8. The molecule has 0 amide bonds. The Bertz CT molecular complexity index is 2390. The predicted octanol–water partition coefficient (Wildman–Crippen LogP) is 13.3. The molecule has 0 bridgehead atoms. The van der Waals surface area contributed by atoms with E-state index in [0.29, 0.717) is 23.3 Å². The maximum Gasteiger partial charge on any atom is 2.00 e. The molecule has 6 heteroatoms. The fourth-order valence-corrected chi connectivity index (χ4v) is 8.68. The van der Waals surface area contributed by atoms with Gasteiger partial charge >= 0.3 is 21.1 Å². The van der Waals surface area contributed by atoms with Crippen LogP contribution >= 0.6 is 0 Å². The van der Waals surface area contributed by atoms with Gasteiger partial charge in [0.1, 0.15) is 5.82 Å². The largest absolute Gasteiger partial charge is 2.00 e. The average molecular weight is 914 g/mol. The second-order valence-corrected chi connectivity index (χ2v) is 18.9. The first kappa shape index (κ1) is 40.7. The summed E-state index contributed by atoms with van der Waals surface area (Å²) in [6.45, 7) is 29.9. The zero-order valence-electron chi connectivity index (χ0n) is 35.1. The minimum Gasteiger partial charge on any atom is -0.509 e. The van der Waals surface area contributed by atoms with Crippen LogP contribution in [0.5, 0.6) is 11.5 Å². The third kappa shape index (κ3) is 7.76. The van der Waals surface area contributed by atoms with Crippen molar-refractivity contribution in [1.29, 1.82) is 0 Å². The average Bonchev–Trinajstić information content (AvgIpc) is 3.59. The van der Waals surface area contributed by atoms with Crippen LogP contribution in [0, 0.1) is 42.7 Å². The van der Waals surface area contributed by atoms with Gasteiger partial charge in [0.05, 0.1) is 5.69 Å². The number of allylic oxidation sites excluding steroid dienone is 2. The molecule has 2 atom stereocenters. The van der Waals surface area contributed by atoms with Crippen LogP contribution in [0.1, 0.15) is 129 Å². The first-order valence-electron chi connectivity index (χ1n) is 19.8. The normalized spacial score (nSPS) is 16.8. The van der Waals surface area contributed by atoms with Gasteiger partial charge in [-0.15, -0.1) is 41.3 Å². The molecule has 3 aromatic heterocycles. The Balaban J connectivity index is 0.00000514. The fraction of sp³-hybridized carbons (Fsp3) is 0.429. The maximum atomic E-state index is 6.73. The van der Waals surface area contributed by atoms with Crippen molar-refractivity contribution in [3.8, 4) is 23.0 Å². The van der Waals surface area contributed by atoms with Crippen LogP contribution in [0.4, 0.5) is 0 Å². The third-order valence-corrected chi connectivity index (χ3v) is 11.6. The van der Waals surface area contributed by atoms with Crippen LogP contribution < -0.4 is 4.74 Å². The van der Waals surface area contributed by atoms with E-state index in [4.69, 9.17) is 14.8 Å². The minimum absolute atomic E-state index is 0. The second kappa shape index (κ2) is 14.8. The van der Waals surface area contributed by atoms with E-state index in [0.717, 1.165) is 45.4 Å². The molecule has 1 unspecified atom stereocenters. The maximum absolute atomic E-state index is 6.73. The summed E-state index contributed by atoms with van der Waals surface area (Å²) in [5.74, 6) is 3.26. The van der Waals surface area contributed by atoms with Gasteiger partial charge in [-0.2, -0.15) is 11.2 Å². The number of para-hydroxylation sites is 1. The van der Waals surface area contributed by atoms with Gasteiger partial charge in [-0.3, -0.25) is 4.68 Å². The molecule has 1 aliphatic rings. The predicted molar refractivity (Wildman–Crippen MR) is 225 cm³/mol. The molecule has 0 saturated heterocycles. The van der Waals surface area contributed by atoms with Crippen LogP contribution in [0.3, 0.4) is 0 Å². The van der Waals surface area contributed by atoms with E-state index in [1.54, 1.807) is 0 Å². The van der Waals surface area contributed by atoms with Gasteiger partial charge < -0.3 is 9.30 Å². The van der Waals surface area contributed by atoms with Crippen LogP contribution in [-0.4, -0.2) is 19.3 Å². The van der Waals surface area contributed by atoms with Crippen molar-refractivity contribution in [2.24, 2.45) is 16.7 Å². The molecule has 1 aliphatic carbocycles. The van der Waals surface area contributed by atoms with Gasteiger partial charge in [0, 0.05) is 40.4 Å². The van der Waals surface area contributed by atoms with E-state index >= 15 is 0 Å². The summed E-state index contributed by atoms with van der Waals surface area (Å²) >= 11 is 0. The second-order valence-electron chi connectivity index (χ2n) is 18.9. The van der Waals surface area contributed by atoms with Gasteiger partial charge in [-0.05, 0) is 89.6 Å². The van der Waals surface area contributed by atoms with E-state index in [-0.39, 0.29) is 43.2 Å². The number of benzene rings is 3. The Kier molecular flexibility index (Phi) is 11.0. The first-order chi connectivity index (χ1) is 25.3. The Morgan fingerprint density at radius 1 is 0.818 bits per heavy atom. The standard InChI is InChI=1S/C49H58N4O.Pt/c1-30(2)33-25-35(53-32(4)45(31(3)51-53)46-40(48(8,9)10)18-16-19-41(46)49(11,12)13)28-37(26-33)54-36-21-22-39-38-17-14-15-20-42(38)52(43(39)29-36)44-27-34(23-24-50-44)47(5,6)7;/h14-15,17-18,20-27,30,41,46H,16,19H2,1-13H3;/q-2;+2/t41-,46?;/m0./s1. The molecule has 0 fully saturated rings. The third-order valence-electron chi connectivity index (χ3n) is 11.6. The van der Waals surface area contributed by atoms with E-state index in [1.165, 1.54) is 34.4 Å². The molecule has 3 aromatic carbocycles. The van der Waals surface area contributed by atoms with Crippen molar-refractivity contribution in [3.05, 3.63) is 119 Å². The summed E-state index contributed by atoms with van der Waals surface area (Å²) in [5, 5.41) is 7.52. The number of aryl methyl sites for hydroxylation is 1. The number of rotatable bonds is 6. The van der Waals surface area contributed by atoms with Crippen LogP contribution in [0.2, 0.25) is 0 Å². The number of aromatic nitrogens is 4. The molecule has 0 N–H and O–H groups in total. The summed E-state index contributed by atoms with van der Waals surface area (Å²) in [6, 6.07) is 28.6. The topological polar surface area (TPSA) is 44.9 Å². The van der Waals surface area contributed by atoms with Gasteiger partial charge in [0.15, 0.2) is 0 Å². The van der Waals surface area contributed by atoms with E-state index < -0.39 is 0 Å². The molecule has 7 rings (SSSR count). The fourth-order valence-electron chi connectivity index (χ4n) is 8.68.